The Morgan fingerprint density at radius 3 is 2.82 bits per heavy atom. The van der Waals surface area contributed by atoms with Gasteiger partial charge < -0.3 is 9.72 Å². The molecule has 0 fully saturated rings. The molecule has 2 rings (SSSR count). The third-order valence-electron chi connectivity index (χ3n) is 2.29. The zero-order chi connectivity index (χ0) is 12.4. The lowest BCUT2D eigenvalue weighted by atomic mass is 10.2. The number of ketones is 1. The molecule has 1 aromatic heterocycles. The number of fused-ring (bicyclic) bond motifs is 1. The molecule has 0 spiro atoms. The van der Waals surface area contributed by atoms with Gasteiger partial charge in [0.2, 0.25) is 0 Å². The first-order valence-corrected chi connectivity index (χ1v) is 5.49. The van der Waals surface area contributed by atoms with E-state index in [9.17, 15) is 9.59 Å². The average Bonchev–Trinajstić information content (AvgIpc) is 2.71. The van der Waals surface area contributed by atoms with Crippen LogP contribution in [0, 0.1) is 0 Å². The van der Waals surface area contributed by atoms with Crippen molar-refractivity contribution in [3.05, 3.63) is 35.0 Å². The van der Waals surface area contributed by atoms with Crippen LogP contribution in [-0.4, -0.2) is 23.3 Å². The van der Waals surface area contributed by atoms with Gasteiger partial charge in [-0.2, -0.15) is 0 Å². The number of ether oxygens (including phenoxy) is 1. The van der Waals surface area contributed by atoms with Gasteiger partial charge in [-0.15, -0.1) is 0 Å². The Morgan fingerprint density at radius 2 is 2.12 bits per heavy atom. The number of aromatic nitrogens is 1. The molecular formula is C12H10ClNO3. The first-order chi connectivity index (χ1) is 8.11. The monoisotopic (exact) mass is 251 g/mol. The molecule has 0 amide bonds. The van der Waals surface area contributed by atoms with Crippen LogP contribution in [0.25, 0.3) is 10.9 Å². The molecule has 4 nitrogen and oxygen atoms in total. The van der Waals surface area contributed by atoms with Crippen LogP contribution in [0.5, 0.6) is 0 Å². The molecule has 0 aliphatic carbocycles. The van der Waals surface area contributed by atoms with Crippen LogP contribution < -0.4 is 0 Å². The van der Waals surface area contributed by atoms with E-state index in [1.807, 2.05) is 0 Å². The summed E-state index contributed by atoms with van der Waals surface area (Å²) in [6, 6.07) is 6.79. The van der Waals surface area contributed by atoms with Crippen LogP contribution in [0.2, 0.25) is 5.02 Å². The molecule has 0 bridgehead atoms. The van der Waals surface area contributed by atoms with E-state index in [1.54, 1.807) is 31.2 Å². The number of Topliss-reactive ketones (excluding diaryl/α,β-unsaturated/α-hetero) is 1. The summed E-state index contributed by atoms with van der Waals surface area (Å²) < 4.78 is 4.64. The van der Waals surface area contributed by atoms with Crippen LogP contribution in [0.15, 0.2) is 24.3 Å². The molecule has 0 saturated heterocycles. The molecule has 1 aromatic carbocycles. The fraction of sp³-hybridized carbons (Fsp3) is 0.167. The first kappa shape index (κ1) is 11.7. The number of carbonyl (C=O) groups is 2. The van der Waals surface area contributed by atoms with E-state index in [1.165, 1.54) is 0 Å². The Morgan fingerprint density at radius 1 is 1.35 bits per heavy atom. The number of aromatic amines is 1. The Bertz CT molecular complexity index is 588. The molecule has 1 heterocycles. The number of esters is 1. The van der Waals surface area contributed by atoms with Crippen molar-refractivity contribution in [1.82, 2.24) is 4.98 Å². The molecule has 0 aliphatic rings. The van der Waals surface area contributed by atoms with E-state index < -0.39 is 11.8 Å². The van der Waals surface area contributed by atoms with Crippen LogP contribution >= 0.6 is 11.6 Å². The maximum absolute atomic E-state index is 11.7. The van der Waals surface area contributed by atoms with Gasteiger partial charge in [-0.25, -0.2) is 4.79 Å². The van der Waals surface area contributed by atoms with Gasteiger partial charge in [0.25, 0.3) is 5.78 Å². The van der Waals surface area contributed by atoms with Crippen molar-refractivity contribution in [3.63, 3.8) is 0 Å². The predicted octanol–water partition coefficient (Wildman–Crippen LogP) is 2.57. The highest BCUT2D eigenvalue weighted by Gasteiger charge is 2.19. The molecule has 17 heavy (non-hydrogen) atoms. The van der Waals surface area contributed by atoms with Crippen molar-refractivity contribution >= 4 is 34.3 Å². The predicted molar refractivity (Wildman–Crippen MR) is 64.3 cm³/mol. The van der Waals surface area contributed by atoms with Crippen molar-refractivity contribution in [2.45, 2.75) is 6.92 Å². The van der Waals surface area contributed by atoms with Gasteiger partial charge in [-0.3, -0.25) is 4.79 Å². The lowest BCUT2D eigenvalue weighted by Gasteiger charge is -1.97. The molecule has 0 aliphatic heterocycles. The smallest absolute Gasteiger partial charge is 0.381 e. The van der Waals surface area contributed by atoms with Gasteiger partial charge in [0, 0.05) is 15.9 Å². The lowest BCUT2D eigenvalue weighted by Crippen LogP contribution is -2.17. The Kier molecular flexibility index (Phi) is 3.15. The summed E-state index contributed by atoms with van der Waals surface area (Å²) in [6.45, 7) is 1.83. The number of carbonyl (C=O) groups excluding carboxylic acids is 2. The van der Waals surface area contributed by atoms with Crippen LogP contribution in [0.3, 0.4) is 0 Å². The summed E-state index contributed by atoms with van der Waals surface area (Å²) in [4.78, 5) is 25.8. The summed E-state index contributed by atoms with van der Waals surface area (Å²) in [5.74, 6) is -1.54. The fourth-order valence-corrected chi connectivity index (χ4v) is 1.70. The van der Waals surface area contributed by atoms with Gasteiger partial charge >= 0.3 is 5.97 Å². The maximum atomic E-state index is 11.7. The zero-order valence-corrected chi connectivity index (χ0v) is 9.88. The highest BCUT2D eigenvalue weighted by atomic mass is 35.5. The highest BCUT2D eigenvalue weighted by Crippen LogP contribution is 2.20. The van der Waals surface area contributed by atoms with E-state index in [0.29, 0.717) is 10.5 Å². The Balaban J connectivity index is 2.36. The molecule has 0 atom stereocenters. The molecule has 5 heteroatoms. The first-order valence-electron chi connectivity index (χ1n) is 5.11. The van der Waals surface area contributed by atoms with Gasteiger partial charge in [0.1, 0.15) is 0 Å². The minimum absolute atomic E-state index is 0.177. The minimum Gasteiger partial charge on any atom is -0.460 e. The quantitative estimate of drug-likeness (QED) is 0.518. The molecule has 1 N–H and O–H groups in total. The average molecular weight is 252 g/mol. The number of nitrogens with one attached hydrogen (secondary N) is 1. The summed E-state index contributed by atoms with van der Waals surface area (Å²) in [6.07, 6.45) is 0. The minimum atomic E-state index is -0.856. The van der Waals surface area contributed by atoms with Gasteiger partial charge in [-0.05, 0) is 25.1 Å². The summed E-state index contributed by atoms with van der Waals surface area (Å²) in [7, 11) is 0. The summed E-state index contributed by atoms with van der Waals surface area (Å²) >= 11 is 5.82. The fourth-order valence-electron chi connectivity index (χ4n) is 1.53. The van der Waals surface area contributed by atoms with Gasteiger partial charge in [-0.1, -0.05) is 17.7 Å². The van der Waals surface area contributed by atoms with Crippen molar-refractivity contribution < 1.29 is 14.3 Å². The van der Waals surface area contributed by atoms with Crippen molar-refractivity contribution in [1.29, 1.82) is 0 Å². The van der Waals surface area contributed by atoms with Crippen molar-refractivity contribution in [2.75, 3.05) is 6.61 Å². The van der Waals surface area contributed by atoms with Crippen molar-refractivity contribution in [2.24, 2.45) is 0 Å². The standard InChI is InChI=1S/C12H10ClNO3/c1-2-17-12(16)11(15)10-5-7-3-4-8(13)6-9(7)14-10/h3-6,14H,2H2,1H3. The largest absolute Gasteiger partial charge is 0.460 e. The number of benzene rings is 1. The van der Waals surface area contributed by atoms with E-state index in [0.717, 1.165) is 5.39 Å². The normalized spacial score (nSPS) is 10.5. The highest BCUT2D eigenvalue weighted by molar-refractivity contribution is 6.40. The third-order valence-corrected chi connectivity index (χ3v) is 2.53. The number of halogens is 1. The van der Waals surface area contributed by atoms with Crippen LogP contribution in [-0.2, 0) is 9.53 Å². The van der Waals surface area contributed by atoms with Crippen LogP contribution in [0.1, 0.15) is 17.4 Å². The van der Waals surface area contributed by atoms with E-state index >= 15 is 0 Å². The molecule has 2 aromatic rings. The molecular weight excluding hydrogens is 242 g/mol. The number of rotatable bonds is 3. The topological polar surface area (TPSA) is 59.2 Å². The summed E-state index contributed by atoms with van der Waals surface area (Å²) in [5.41, 5.74) is 0.922. The second kappa shape index (κ2) is 4.59. The lowest BCUT2D eigenvalue weighted by molar-refractivity contribution is -0.137. The number of hydrogen-bond donors (Lipinski definition) is 1. The van der Waals surface area contributed by atoms with Gasteiger partial charge in [0.05, 0.1) is 12.3 Å². The van der Waals surface area contributed by atoms with E-state index in [2.05, 4.69) is 9.72 Å². The van der Waals surface area contributed by atoms with E-state index in [-0.39, 0.29) is 12.3 Å². The zero-order valence-electron chi connectivity index (χ0n) is 9.12. The maximum Gasteiger partial charge on any atom is 0.381 e. The third kappa shape index (κ3) is 2.31. The molecule has 0 unspecified atom stereocenters. The molecule has 0 radical (unpaired) electrons. The summed E-state index contributed by atoms with van der Waals surface area (Å²) in [5, 5.41) is 1.39. The van der Waals surface area contributed by atoms with Crippen LogP contribution in [0.4, 0.5) is 0 Å². The van der Waals surface area contributed by atoms with Crippen molar-refractivity contribution in [3.8, 4) is 0 Å². The van der Waals surface area contributed by atoms with E-state index in [4.69, 9.17) is 11.6 Å². The Labute approximate surface area is 103 Å². The second-order valence-electron chi connectivity index (χ2n) is 3.46. The van der Waals surface area contributed by atoms with Gasteiger partial charge in [0.15, 0.2) is 0 Å². The SMILES string of the molecule is CCOC(=O)C(=O)c1cc2ccc(Cl)cc2[nH]1. The second-order valence-corrected chi connectivity index (χ2v) is 3.90. The Hall–Kier alpha value is -1.81. The molecule has 0 saturated carbocycles. The number of hydrogen-bond acceptors (Lipinski definition) is 3. The molecule has 88 valence electrons. The number of H-pyrrole nitrogens is 1.